The number of unbranched alkanes of at least 4 members (excludes halogenated alkanes) is 10. The zero-order chi connectivity index (χ0) is 24.8. The molecule has 0 saturated heterocycles. The highest BCUT2D eigenvalue weighted by Crippen LogP contribution is 2.43. The van der Waals surface area contributed by atoms with E-state index in [0.717, 1.165) is 51.4 Å². The molecule has 33 heavy (non-hydrogen) atoms. The lowest BCUT2D eigenvalue weighted by molar-refractivity contribution is -0.161. The number of hydrogen-bond acceptors (Lipinski definition) is 8. The fourth-order valence-corrected chi connectivity index (χ4v) is 3.83. The molecule has 0 radical (unpaired) electrons. The molecule has 0 aliphatic heterocycles. The molecule has 0 fully saturated rings. The van der Waals surface area contributed by atoms with Crippen LogP contribution in [0.1, 0.15) is 104 Å². The van der Waals surface area contributed by atoms with Gasteiger partial charge in [0, 0.05) is 12.8 Å². The largest absolute Gasteiger partial charge is 0.472 e. The summed E-state index contributed by atoms with van der Waals surface area (Å²) in [5.74, 6) is -0.889. The SMILES string of the molecule is CCCCCCCCCC(=O)O[C@H](COC(=O)CCCCCCC)COP(=O)(O)OCCO. The van der Waals surface area contributed by atoms with E-state index in [1.165, 1.54) is 19.3 Å². The number of carbonyl (C=O) groups excluding carboxylic acids is 2. The normalized spacial score (nSPS) is 13.9. The van der Waals surface area contributed by atoms with E-state index in [-0.39, 0.29) is 26.1 Å². The molecular formula is C23H45O9P. The molecule has 2 atom stereocenters. The van der Waals surface area contributed by atoms with Crippen LogP contribution in [0.25, 0.3) is 0 Å². The van der Waals surface area contributed by atoms with E-state index in [4.69, 9.17) is 19.1 Å². The minimum absolute atomic E-state index is 0.216. The predicted octanol–water partition coefficient (Wildman–Crippen LogP) is 5.07. The Bertz CT molecular complexity index is 542. The molecule has 10 heteroatoms. The second kappa shape index (κ2) is 21.5. The third kappa shape index (κ3) is 21.3. The van der Waals surface area contributed by atoms with Crippen molar-refractivity contribution in [1.29, 1.82) is 0 Å². The summed E-state index contributed by atoms with van der Waals surface area (Å²) in [5.41, 5.74) is 0. The fourth-order valence-electron chi connectivity index (χ4n) is 3.09. The van der Waals surface area contributed by atoms with Crippen molar-refractivity contribution in [2.45, 2.75) is 110 Å². The van der Waals surface area contributed by atoms with Gasteiger partial charge in [-0.3, -0.25) is 18.6 Å². The molecule has 0 aliphatic rings. The zero-order valence-electron chi connectivity index (χ0n) is 20.5. The minimum atomic E-state index is -4.41. The number of aliphatic hydroxyl groups is 1. The van der Waals surface area contributed by atoms with Crippen molar-refractivity contribution < 1.29 is 42.7 Å². The van der Waals surface area contributed by atoms with Gasteiger partial charge in [-0.15, -0.1) is 0 Å². The maximum Gasteiger partial charge on any atom is 0.472 e. The highest BCUT2D eigenvalue weighted by molar-refractivity contribution is 7.47. The summed E-state index contributed by atoms with van der Waals surface area (Å²) in [6.07, 6.45) is 11.9. The first-order chi connectivity index (χ1) is 15.8. The van der Waals surface area contributed by atoms with Crippen molar-refractivity contribution in [2.75, 3.05) is 26.4 Å². The number of phosphoric acid groups is 1. The van der Waals surface area contributed by atoms with Gasteiger partial charge in [0.2, 0.25) is 0 Å². The fraction of sp³-hybridized carbons (Fsp3) is 0.913. The molecular weight excluding hydrogens is 451 g/mol. The summed E-state index contributed by atoms with van der Waals surface area (Å²) in [4.78, 5) is 33.8. The summed E-state index contributed by atoms with van der Waals surface area (Å²) in [6, 6.07) is 0. The van der Waals surface area contributed by atoms with Crippen LogP contribution in [0.5, 0.6) is 0 Å². The molecule has 0 saturated carbocycles. The number of esters is 2. The Morgan fingerprint density at radius 3 is 1.82 bits per heavy atom. The van der Waals surface area contributed by atoms with E-state index in [2.05, 4.69) is 18.4 Å². The number of carbonyl (C=O) groups is 2. The van der Waals surface area contributed by atoms with Gasteiger partial charge in [-0.05, 0) is 12.8 Å². The summed E-state index contributed by atoms with van der Waals surface area (Å²) < 4.78 is 31.7. The highest BCUT2D eigenvalue weighted by atomic mass is 31.2. The monoisotopic (exact) mass is 496 g/mol. The van der Waals surface area contributed by atoms with Crippen molar-refractivity contribution in [1.82, 2.24) is 0 Å². The molecule has 0 rings (SSSR count). The van der Waals surface area contributed by atoms with Crippen LogP contribution >= 0.6 is 7.82 Å². The molecule has 0 spiro atoms. The van der Waals surface area contributed by atoms with Crippen LogP contribution < -0.4 is 0 Å². The van der Waals surface area contributed by atoms with Gasteiger partial charge in [-0.25, -0.2) is 4.57 Å². The van der Waals surface area contributed by atoms with Gasteiger partial charge >= 0.3 is 19.8 Å². The molecule has 0 aromatic carbocycles. The Hall–Kier alpha value is -0.990. The van der Waals surface area contributed by atoms with E-state index in [1.807, 2.05) is 0 Å². The Labute approximate surface area is 199 Å². The van der Waals surface area contributed by atoms with Crippen LogP contribution in [0.15, 0.2) is 0 Å². The van der Waals surface area contributed by atoms with Crippen LogP contribution in [-0.4, -0.2) is 54.5 Å². The van der Waals surface area contributed by atoms with Gasteiger partial charge in [0.25, 0.3) is 0 Å². The minimum Gasteiger partial charge on any atom is -0.462 e. The summed E-state index contributed by atoms with van der Waals surface area (Å²) in [6.45, 7) is 2.73. The van der Waals surface area contributed by atoms with Crippen molar-refractivity contribution in [3.05, 3.63) is 0 Å². The van der Waals surface area contributed by atoms with E-state index >= 15 is 0 Å². The van der Waals surface area contributed by atoms with Crippen LogP contribution in [0.4, 0.5) is 0 Å². The molecule has 0 heterocycles. The van der Waals surface area contributed by atoms with Crippen LogP contribution in [0.2, 0.25) is 0 Å². The lowest BCUT2D eigenvalue weighted by Gasteiger charge is -2.19. The van der Waals surface area contributed by atoms with Crippen molar-refractivity contribution in [2.24, 2.45) is 0 Å². The molecule has 1 unspecified atom stereocenters. The average molecular weight is 497 g/mol. The van der Waals surface area contributed by atoms with Crippen molar-refractivity contribution >= 4 is 19.8 Å². The molecule has 0 aromatic heterocycles. The predicted molar refractivity (Wildman–Crippen MR) is 126 cm³/mol. The Morgan fingerprint density at radius 2 is 1.27 bits per heavy atom. The molecule has 196 valence electrons. The molecule has 0 amide bonds. The van der Waals surface area contributed by atoms with Crippen molar-refractivity contribution in [3.63, 3.8) is 0 Å². The standard InChI is InChI=1S/C23H45O9P/c1-3-5-7-9-10-12-14-16-23(26)32-21(20-31-33(27,28)30-18-17-24)19-29-22(25)15-13-11-8-6-4-2/h21,24H,3-20H2,1-2H3,(H,27,28)/t21-/m1/s1. The third-order valence-electron chi connectivity index (χ3n) is 4.97. The molecule has 2 N–H and O–H groups in total. The lowest BCUT2D eigenvalue weighted by atomic mass is 10.1. The van der Waals surface area contributed by atoms with E-state index in [1.54, 1.807) is 0 Å². The van der Waals surface area contributed by atoms with E-state index < -0.39 is 39.1 Å². The molecule has 0 aromatic rings. The Kier molecular flexibility index (Phi) is 20.9. The topological polar surface area (TPSA) is 129 Å². The van der Waals surface area contributed by atoms with Crippen LogP contribution in [0, 0.1) is 0 Å². The van der Waals surface area contributed by atoms with Gasteiger partial charge in [-0.1, -0.05) is 78.1 Å². The quantitative estimate of drug-likeness (QED) is 0.113. The van der Waals surface area contributed by atoms with Gasteiger partial charge in [0.05, 0.1) is 19.8 Å². The average Bonchev–Trinajstić information content (AvgIpc) is 2.78. The number of hydrogen-bond donors (Lipinski definition) is 2. The number of rotatable bonds is 23. The number of ether oxygens (including phenoxy) is 2. The first kappa shape index (κ1) is 32.0. The number of aliphatic hydroxyl groups excluding tert-OH is 1. The maximum absolute atomic E-state index is 12.2. The smallest absolute Gasteiger partial charge is 0.462 e. The molecule has 0 aliphatic carbocycles. The molecule has 9 nitrogen and oxygen atoms in total. The second-order valence-electron chi connectivity index (χ2n) is 8.15. The molecule has 0 bridgehead atoms. The summed E-state index contributed by atoms with van der Waals surface area (Å²) in [7, 11) is -4.41. The highest BCUT2D eigenvalue weighted by Gasteiger charge is 2.25. The lowest BCUT2D eigenvalue weighted by Crippen LogP contribution is -2.29. The maximum atomic E-state index is 12.2. The van der Waals surface area contributed by atoms with Gasteiger partial charge in [0.15, 0.2) is 6.10 Å². The van der Waals surface area contributed by atoms with Crippen molar-refractivity contribution in [3.8, 4) is 0 Å². The van der Waals surface area contributed by atoms with Gasteiger partial charge in [-0.2, -0.15) is 0 Å². The Morgan fingerprint density at radius 1 is 0.758 bits per heavy atom. The van der Waals surface area contributed by atoms with Crippen LogP contribution in [-0.2, 0) is 32.7 Å². The second-order valence-corrected chi connectivity index (χ2v) is 9.61. The van der Waals surface area contributed by atoms with Gasteiger partial charge in [0.1, 0.15) is 6.61 Å². The van der Waals surface area contributed by atoms with Gasteiger partial charge < -0.3 is 19.5 Å². The summed E-state index contributed by atoms with van der Waals surface area (Å²) >= 11 is 0. The Balaban J connectivity index is 4.45. The van der Waals surface area contributed by atoms with Crippen LogP contribution in [0.3, 0.4) is 0 Å². The number of phosphoric ester groups is 1. The zero-order valence-corrected chi connectivity index (χ0v) is 21.4. The van der Waals surface area contributed by atoms with E-state index in [0.29, 0.717) is 6.42 Å². The summed E-state index contributed by atoms with van der Waals surface area (Å²) in [5, 5.41) is 8.71. The first-order valence-corrected chi connectivity index (χ1v) is 13.9. The third-order valence-corrected chi connectivity index (χ3v) is 5.95. The first-order valence-electron chi connectivity index (χ1n) is 12.4. The van der Waals surface area contributed by atoms with E-state index in [9.17, 15) is 19.0 Å².